The van der Waals surface area contributed by atoms with Crippen LogP contribution < -0.4 is 11.1 Å². The highest BCUT2D eigenvalue weighted by Crippen LogP contribution is 2.29. The number of carbonyl (C=O) groups is 2. The minimum Gasteiger partial charge on any atom is -0.352 e. The van der Waals surface area contributed by atoms with Gasteiger partial charge in [0, 0.05) is 35.6 Å². The summed E-state index contributed by atoms with van der Waals surface area (Å²) in [6, 6.07) is 24.0. The first-order chi connectivity index (χ1) is 16.4. The Hall–Kier alpha value is -2.86. The Bertz CT molecular complexity index is 1100. The number of likely N-dealkylation sites (tertiary alicyclic amines) is 1. The molecule has 2 atom stereocenters. The van der Waals surface area contributed by atoms with Crippen molar-refractivity contribution in [3.8, 4) is 0 Å². The maximum atomic E-state index is 13.4. The fourth-order valence-electron chi connectivity index (χ4n) is 4.46. The standard InChI is InChI=1S/C27H27Cl2N3O2/c28-22-11-12-23(29)21(15-22)16-31-26(33)20-13-14-32(17-20)27(34)25(30)24(18-7-3-1-4-8-18)19-9-5-2-6-10-19/h1-12,15,20,24-25H,13-14,16-17,30H2,(H,31,33). The Labute approximate surface area is 209 Å². The number of rotatable bonds is 7. The third-order valence-corrected chi connectivity index (χ3v) is 6.90. The van der Waals surface area contributed by atoms with Gasteiger partial charge in [-0.15, -0.1) is 0 Å². The van der Waals surface area contributed by atoms with Gasteiger partial charge in [0.1, 0.15) is 0 Å². The minimum atomic E-state index is -0.753. The Morgan fingerprint density at radius 1 is 0.971 bits per heavy atom. The van der Waals surface area contributed by atoms with E-state index in [-0.39, 0.29) is 30.2 Å². The molecule has 34 heavy (non-hydrogen) atoms. The molecule has 1 heterocycles. The summed E-state index contributed by atoms with van der Waals surface area (Å²) in [4.78, 5) is 27.9. The second kappa shape index (κ2) is 11.0. The van der Waals surface area contributed by atoms with Crippen LogP contribution >= 0.6 is 23.2 Å². The molecule has 3 N–H and O–H groups in total. The highest BCUT2D eigenvalue weighted by molar-refractivity contribution is 6.33. The van der Waals surface area contributed by atoms with Crippen molar-refractivity contribution in [1.82, 2.24) is 10.2 Å². The predicted octanol–water partition coefficient (Wildman–Crippen LogP) is 4.62. The van der Waals surface area contributed by atoms with Crippen molar-refractivity contribution < 1.29 is 9.59 Å². The summed E-state index contributed by atoms with van der Waals surface area (Å²) in [6.45, 7) is 1.13. The lowest BCUT2D eigenvalue weighted by atomic mass is 9.85. The van der Waals surface area contributed by atoms with E-state index in [2.05, 4.69) is 5.32 Å². The number of hydrogen-bond acceptors (Lipinski definition) is 3. The second-order valence-corrected chi connectivity index (χ2v) is 9.39. The van der Waals surface area contributed by atoms with Gasteiger partial charge in [0.05, 0.1) is 12.0 Å². The van der Waals surface area contributed by atoms with E-state index in [1.54, 1.807) is 23.1 Å². The van der Waals surface area contributed by atoms with Crippen LogP contribution in [0.5, 0.6) is 0 Å². The summed E-state index contributed by atoms with van der Waals surface area (Å²) in [5.74, 6) is -0.817. The molecule has 5 nitrogen and oxygen atoms in total. The van der Waals surface area contributed by atoms with Crippen LogP contribution in [0.25, 0.3) is 0 Å². The lowest BCUT2D eigenvalue weighted by Crippen LogP contribution is -2.47. The van der Waals surface area contributed by atoms with E-state index < -0.39 is 6.04 Å². The number of benzene rings is 3. The normalized spacial score (nSPS) is 16.5. The molecule has 4 rings (SSSR count). The number of nitrogens with zero attached hydrogens (tertiary/aromatic N) is 1. The van der Waals surface area contributed by atoms with Crippen LogP contribution in [0.15, 0.2) is 78.9 Å². The van der Waals surface area contributed by atoms with E-state index in [9.17, 15) is 9.59 Å². The summed E-state index contributed by atoms with van der Waals surface area (Å²) in [6.07, 6.45) is 0.592. The smallest absolute Gasteiger partial charge is 0.240 e. The van der Waals surface area contributed by atoms with Gasteiger partial charge in [-0.05, 0) is 41.3 Å². The average molecular weight is 496 g/mol. The molecule has 3 aromatic rings. The zero-order chi connectivity index (χ0) is 24.1. The van der Waals surface area contributed by atoms with Gasteiger partial charge in [-0.3, -0.25) is 9.59 Å². The highest BCUT2D eigenvalue weighted by Gasteiger charge is 2.36. The Balaban J connectivity index is 1.42. The van der Waals surface area contributed by atoms with E-state index in [1.807, 2.05) is 60.7 Å². The molecule has 0 spiro atoms. The van der Waals surface area contributed by atoms with Crippen molar-refractivity contribution in [2.45, 2.75) is 24.9 Å². The van der Waals surface area contributed by atoms with Crippen molar-refractivity contribution in [1.29, 1.82) is 0 Å². The number of carbonyl (C=O) groups excluding carboxylic acids is 2. The van der Waals surface area contributed by atoms with E-state index in [0.717, 1.165) is 16.7 Å². The van der Waals surface area contributed by atoms with Crippen LogP contribution in [0.2, 0.25) is 10.0 Å². The third-order valence-electron chi connectivity index (χ3n) is 6.29. The van der Waals surface area contributed by atoms with Gasteiger partial charge >= 0.3 is 0 Å². The second-order valence-electron chi connectivity index (χ2n) is 8.55. The maximum absolute atomic E-state index is 13.4. The van der Waals surface area contributed by atoms with E-state index in [1.165, 1.54) is 0 Å². The first-order valence-corrected chi connectivity index (χ1v) is 12.1. The molecule has 2 amide bonds. The number of hydrogen-bond donors (Lipinski definition) is 2. The zero-order valence-electron chi connectivity index (χ0n) is 18.7. The Morgan fingerprint density at radius 2 is 1.59 bits per heavy atom. The molecular weight excluding hydrogens is 469 g/mol. The quantitative estimate of drug-likeness (QED) is 0.502. The zero-order valence-corrected chi connectivity index (χ0v) is 20.2. The monoisotopic (exact) mass is 495 g/mol. The van der Waals surface area contributed by atoms with Crippen molar-refractivity contribution in [3.63, 3.8) is 0 Å². The largest absolute Gasteiger partial charge is 0.352 e. The van der Waals surface area contributed by atoms with Crippen LogP contribution in [-0.2, 0) is 16.1 Å². The first-order valence-electron chi connectivity index (χ1n) is 11.3. The summed E-state index contributed by atoms with van der Waals surface area (Å²) in [5, 5.41) is 4.03. The van der Waals surface area contributed by atoms with Crippen molar-refractivity contribution in [2.75, 3.05) is 13.1 Å². The molecule has 1 aliphatic heterocycles. The molecule has 2 unspecified atom stereocenters. The van der Waals surface area contributed by atoms with Crippen LogP contribution in [0.3, 0.4) is 0 Å². The maximum Gasteiger partial charge on any atom is 0.240 e. The number of halogens is 2. The van der Waals surface area contributed by atoms with Crippen LogP contribution in [0, 0.1) is 5.92 Å². The van der Waals surface area contributed by atoms with Crippen LogP contribution in [0.4, 0.5) is 0 Å². The minimum absolute atomic E-state index is 0.109. The fraction of sp³-hybridized carbons (Fsp3) is 0.259. The molecule has 1 aliphatic rings. The summed E-state index contributed by atoms with van der Waals surface area (Å²) >= 11 is 12.2. The van der Waals surface area contributed by atoms with Gasteiger partial charge in [-0.25, -0.2) is 0 Å². The summed E-state index contributed by atoms with van der Waals surface area (Å²) in [5.41, 5.74) is 9.30. The molecule has 3 aromatic carbocycles. The van der Waals surface area contributed by atoms with Gasteiger partial charge in [0.15, 0.2) is 0 Å². The molecular formula is C27H27Cl2N3O2. The Kier molecular flexibility index (Phi) is 7.88. The van der Waals surface area contributed by atoms with Gasteiger partial charge < -0.3 is 16.0 Å². The van der Waals surface area contributed by atoms with Crippen molar-refractivity contribution in [2.24, 2.45) is 11.7 Å². The van der Waals surface area contributed by atoms with Crippen molar-refractivity contribution in [3.05, 3.63) is 106 Å². The third kappa shape index (κ3) is 5.61. The van der Waals surface area contributed by atoms with Gasteiger partial charge in [-0.1, -0.05) is 83.9 Å². The topological polar surface area (TPSA) is 75.4 Å². The van der Waals surface area contributed by atoms with Crippen LogP contribution in [-0.4, -0.2) is 35.8 Å². The lowest BCUT2D eigenvalue weighted by Gasteiger charge is -2.28. The van der Waals surface area contributed by atoms with Gasteiger partial charge in [0.2, 0.25) is 11.8 Å². The first kappa shape index (κ1) is 24.3. The number of nitrogens with one attached hydrogen (secondary N) is 1. The van der Waals surface area contributed by atoms with E-state index in [4.69, 9.17) is 28.9 Å². The highest BCUT2D eigenvalue weighted by atomic mass is 35.5. The van der Waals surface area contributed by atoms with Crippen LogP contribution in [0.1, 0.15) is 29.0 Å². The molecule has 1 fully saturated rings. The molecule has 0 aromatic heterocycles. The molecule has 0 saturated carbocycles. The predicted molar refractivity (Wildman–Crippen MR) is 136 cm³/mol. The molecule has 1 saturated heterocycles. The molecule has 7 heteroatoms. The lowest BCUT2D eigenvalue weighted by molar-refractivity contribution is -0.132. The molecule has 0 bridgehead atoms. The summed E-state index contributed by atoms with van der Waals surface area (Å²) < 4.78 is 0. The fourth-order valence-corrected chi connectivity index (χ4v) is 4.84. The Morgan fingerprint density at radius 3 is 2.21 bits per heavy atom. The molecule has 176 valence electrons. The molecule has 0 aliphatic carbocycles. The van der Waals surface area contributed by atoms with E-state index >= 15 is 0 Å². The SMILES string of the molecule is NC(C(=O)N1CCC(C(=O)NCc2cc(Cl)ccc2Cl)C1)C(c1ccccc1)c1ccccc1. The van der Waals surface area contributed by atoms with Crippen molar-refractivity contribution >= 4 is 35.0 Å². The number of nitrogens with two attached hydrogens (primary N) is 1. The van der Waals surface area contributed by atoms with Gasteiger partial charge in [0.25, 0.3) is 0 Å². The summed E-state index contributed by atoms with van der Waals surface area (Å²) in [7, 11) is 0. The number of amides is 2. The van der Waals surface area contributed by atoms with E-state index in [0.29, 0.717) is 29.6 Å². The van der Waals surface area contributed by atoms with Gasteiger partial charge in [-0.2, -0.15) is 0 Å². The molecule has 0 radical (unpaired) electrons. The average Bonchev–Trinajstić information content (AvgIpc) is 3.36.